The molecule has 1 spiro atoms. The number of hydrogen-bond acceptors (Lipinski definition) is 4. The van der Waals surface area contributed by atoms with E-state index in [1.165, 1.54) is 0 Å². The van der Waals surface area contributed by atoms with Crippen LogP contribution in [0, 0.1) is 18.8 Å². The number of aryl methyl sites for hydroxylation is 1. The van der Waals surface area contributed by atoms with Crippen molar-refractivity contribution >= 4 is 11.9 Å². The first-order valence-electron chi connectivity index (χ1n) is 7.42. The summed E-state index contributed by atoms with van der Waals surface area (Å²) in [5, 5.41) is 11.4. The van der Waals surface area contributed by atoms with E-state index in [4.69, 9.17) is 4.74 Å². The number of benzene rings is 1. The van der Waals surface area contributed by atoms with E-state index in [9.17, 15) is 14.7 Å². The predicted molar refractivity (Wildman–Crippen MR) is 75.3 cm³/mol. The third kappa shape index (κ3) is 1.75. The second-order valence-electron chi connectivity index (χ2n) is 6.40. The van der Waals surface area contributed by atoms with E-state index in [0.717, 1.165) is 11.1 Å². The van der Waals surface area contributed by atoms with Crippen LogP contribution in [0.4, 0.5) is 0 Å². The van der Waals surface area contributed by atoms with Gasteiger partial charge >= 0.3 is 0 Å². The topological polar surface area (TPSA) is 69.7 Å². The van der Waals surface area contributed by atoms with E-state index in [2.05, 4.69) is 0 Å². The van der Waals surface area contributed by atoms with E-state index < -0.39 is 29.5 Å². The number of amides is 1. The minimum atomic E-state index is -1.20. The van der Waals surface area contributed by atoms with Crippen molar-refractivity contribution in [2.45, 2.75) is 25.2 Å². The lowest BCUT2D eigenvalue weighted by Crippen LogP contribution is -2.45. The molecule has 3 aliphatic heterocycles. The summed E-state index contributed by atoms with van der Waals surface area (Å²) in [5.41, 5.74) is 1.41. The highest BCUT2D eigenvalue weighted by Crippen LogP contribution is 2.51. The van der Waals surface area contributed by atoms with Gasteiger partial charge in [-0.15, -0.1) is 0 Å². The fourth-order valence-corrected chi connectivity index (χ4v) is 3.90. The molecule has 4 atom stereocenters. The summed E-state index contributed by atoms with van der Waals surface area (Å²) in [5.74, 6) is -2.88. The van der Waals surface area contributed by atoms with E-state index in [-0.39, 0.29) is 5.91 Å². The number of fused-ring (bicyclic) bond motifs is 1. The molecule has 0 aliphatic carbocycles. The fraction of sp³-hybridized carbons (Fsp3) is 0.412. The summed E-state index contributed by atoms with van der Waals surface area (Å²) in [6.45, 7) is 2.88. The lowest BCUT2D eigenvalue weighted by atomic mass is 9.77. The van der Waals surface area contributed by atoms with Crippen molar-refractivity contribution in [2.24, 2.45) is 11.8 Å². The number of hydrogen-bond donors (Lipinski definition) is 0. The molecule has 1 aromatic carbocycles. The zero-order valence-electron chi connectivity index (χ0n) is 12.2. The molecule has 5 nitrogen and oxygen atoms in total. The van der Waals surface area contributed by atoms with Crippen LogP contribution in [-0.2, 0) is 20.9 Å². The second-order valence-corrected chi connectivity index (χ2v) is 6.40. The Labute approximate surface area is 128 Å². The Morgan fingerprint density at radius 1 is 1.41 bits per heavy atom. The molecule has 0 aromatic heterocycles. The first-order valence-corrected chi connectivity index (χ1v) is 7.42. The van der Waals surface area contributed by atoms with E-state index in [0.29, 0.717) is 13.1 Å². The quantitative estimate of drug-likeness (QED) is 0.738. The van der Waals surface area contributed by atoms with Crippen molar-refractivity contribution in [2.75, 3.05) is 6.54 Å². The minimum Gasteiger partial charge on any atom is -0.550 e. The third-order valence-electron chi connectivity index (χ3n) is 4.94. The van der Waals surface area contributed by atoms with Gasteiger partial charge in [-0.1, -0.05) is 42.0 Å². The smallest absolute Gasteiger partial charge is 0.230 e. The Kier molecular flexibility index (Phi) is 2.72. The summed E-state index contributed by atoms with van der Waals surface area (Å²) >= 11 is 0. The molecule has 3 heterocycles. The number of nitrogens with zero attached hydrogens (tertiary/aromatic N) is 1. The molecule has 0 saturated carbocycles. The van der Waals surface area contributed by atoms with Gasteiger partial charge in [-0.25, -0.2) is 0 Å². The van der Waals surface area contributed by atoms with Gasteiger partial charge < -0.3 is 19.5 Å². The average Bonchev–Trinajstić information content (AvgIpc) is 3.10. The van der Waals surface area contributed by atoms with Crippen molar-refractivity contribution in [3.8, 4) is 0 Å². The molecule has 2 saturated heterocycles. The van der Waals surface area contributed by atoms with Crippen LogP contribution in [0.1, 0.15) is 11.1 Å². The molecule has 0 radical (unpaired) electrons. The molecule has 2 fully saturated rings. The Morgan fingerprint density at radius 3 is 2.82 bits per heavy atom. The van der Waals surface area contributed by atoms with Crippen LogP contribution in [0.5, 0.6) is 0 Å². The Morgan fingerprint density at radius 2 is 2.14 bits per heavy atom. The van der Waals surface area contributed by atoms with E-state index >= 15 is 0 Å². The van der Waals surface area contributed by atoms with E-state index in [1.54, 1.807) is 11.0 Å². The zero-order valence-corrected chi connectivity index (χ0v) is 12.2. The first-order chi connectivity index (χ1) is 10.5. The van der Waals surface area contributed by atoms with Crippen LogP contribution in [0.15, 0.2) is 36.4 Å². The summed E-state index contributed by atoms with van der Waals surface area (Å²) in [7, 11) is 0. The number of carbonyl (C=O) groups is 2. The molecule has 1 aromatic rings. The SMILES string of the molecule is Cc1ccc(CN2C[C@@]34C=C[C@@H](O3)[C@H](C(=O)[O-])[C@H]4C2=O)cc1. The Balaban J connectivity index is 1.61. The Hall–Kier alpha value is -2.14. The maximum atomic E-state index is 12.7. The van der Waals surface area contributed by atoms with Crippen molar-refractivity contribution in [1.82, 2.24) is 4.90 Å². The third-order valence-corrected chi connectivity index (χ3v) is 4.94. The van der Waals surface area contributed by atoms with Gasteiger partial charge in [0.2, 0.25) is 5.91 Å². The standard InChI is InChI=1S/C17H17NO4/c1-10-2-4-11(5-3-10)8-18-9-17-7-6-12(22-17)13(16(20)21)14(17)15(18)19/h2-7,12-14H,8-9H2,1H3,(H,20,21)/p-1/t12-,13+,14+,17-/m1/s1. The molecule has 5 heteroatoms. The van der Waals surface area contributed by atoms with Gasteiger partial charge in [-0.2, -0.15) is 0 Å². The van der Waals surface area contributed by atoms with Crippen LogP contribution >= 0.6 is 0 Å². The number of aliphatic carboxylic acids is 1. The number of carbonyl (C=O) groups excluding carboxylic acids is 2. The number of likely N-dealkylation sites (tertiary alicyclic amines) is 1. The molecule has 22 heavy (non-hydrogen) atoms. The molecule has 3 aliphatic rings. The molecule has 0 unspecified atom stereocenters. The molecule has 0 N–H and O–H groups in total. The summed E-state index contributed by atoms with van der Waals surface area (Å²) < 4.78 is 5.82. The van der Waals surface area contributed by atoms with Crippen molar-refractivity contribution < 1.29 is 19.4 Å². The summed E-state index contributed by atoms with van der Waals surface area (Å²) in [4.78, 5) is 25.8. The largest absolute Gasteiger partial charge is 0.550 e. The number of carboxylic acids is 1. The molecular weight excluding hydrogens is 282 g/mol. The average molecular weight is 298 g/mol. The monoisotopic (exact) mass is 298 g/mol. The van der Waals surface area contributed by atoms with E-state index in [1.807, 2.05) is 37.3 Å². The van der Waals surface area contributed by atoms with Gasteiger partial charge in [-0.05, 0) is 12.5 Å². The highest BCUT2D eigenvalue weighted by atomic mass is 16.5. The molecule has 114 valence electrons. The summed E-state index contributed by atoms with van der Waals surface area (Å²) in [6.07, 6.45) is 3.08. The molecule has 2 bridgehead atoms. The van der Waals surface area contributed by atoms with Gasteiger partial charge in [0.1, 0.15) is 5.60 Å². The van der Waals surface area contributed by atoms with Crippen LogP contribution in [-0.4, -0.2) is 35.0 Å². The highest BCUT2D eigenvalue weighted by Gasteiger charge is 2.65. The summed E-state index contributed by atoms with van der Waals surface area (Å²) in [6, 6.07) is 7.97. The van der Waals surface area contributed by atoms with Crippen molar-refractivity contribution in [3.63, 3.8) is 0 Å². The Bertz CT molecular complexity index is 680. The van der Waals surface area contributed by atoms with Gasteiger partial charge in [0, 0.05) is 18.4 Å². The van der Waals surface area contributed by atoms with Gasteiger partial charge in [0.15, 0.2) is 0 Å². The predicted octanol–water partition coefficient (Wildman–Crippen LogP) is 0.0269. The highest BCUT2D eigenvalue weighted by molar-refractivity contribution is 5.90. The number of rotatable bonds is 3. The lowest BCUT2D eigenvalue weighted by molar-refractivity contribution is -0.313. The van der Waals surface area contributed by atoms with Crippen LogP contribution < -0.4 is 5.11 Å². The second kappa shape index (κ2) is 4.43. The van der Waals surface area contributed by atoms with Gasteiger partial charge in [-0.3, -0.25) is 4.79 Å². The molecule has 1 amide bonds. The molecular formula is C17H16NO4-. The molecule has 4 rings (SSSR count). The van der Waals surface area contributed by atoms with Crippen LogP contribution in [0.2, 0.25) is 0 Å². The van der Waals surface area contributed by atoms with Crippen LogP contribution in [0.25, 0.3) is 0 Å². The fourth-order valence-electron chi connectivity index (χ4n) is 3.90. The van der Waals surface area contributed by atoms with Crippen LogP contribution in [0.3, 0.4) is 0 Å². The van der Waals surface area contributed by atoms with Gasteiger partial charge in [0.05, 0.1) is 18.6 Å². The maximum Gasteiger partial charge on any atom is 0.230 e. The lowest BCUT2D eigenvalue weighted by Gasteiger charge is -2.24. The maximum absolute atomic E-state index is 12.7. The van der Waals surface area contributed by atoms with Gasteiger partial charge in [0.25, 0.3) is 0 Å². The first kappa shape index (κ1) is 13.5. The minimum absolute atomic E-state index is 0.151. The zero-order chi connectivity index (χ0) is 15.5. The van der Waals surface area contributed by atoms with Crippen molar-refractivity contribution in [3.05, 3.63) is 47.5 Å². The normalized spacial score (nSPS) is 35.2. The number of carboxylic acid groups (broad SMARTS) is 1. The number of ether oxygens (including phenoxy) is 1. The van der Waals surface area contributed by atoms with Crippen molar-refractivity contribution in [1.29, 1.82) is 0 Å².